The number of anilines is 1. The van der Waals surface area contributed by atoms with Crippen molar-refractivity contribution in [1.82, 2.24) is 5.32 Å². The van der Waals surface area contributed by atoms with Crippen LogP contribution in [0.2, 0.25) is 10.0 Å². The molecule has 1 saturated heterocycles. The number of nitrogens with zero attached hydrogens (tertiary/aromatic N) is 1. The monoisotopic (exact) mass is 272 g/mol. The van der Waals surface area contributed by atoms with Crippen molar-refractivity contribution < 1.29 is 9.59 Å². The van der Waals surface area contributed by atoms with Gasteiger partial charge in [-0.15, -0.1) is 0 Å². The van der Waals surface area contributed by atoms with Crippen molar-refractivity contribution in [1.29, 1.82) is 0 Å². The zero-order valence-electron chi connectivity index (χ0n) is 9.04. The first-order chi connectivity index (χ1) is 7.99. The van der Waals surface area contributed by atoms with Gasteiger partial charge in [0.05, 0.1) is 16.6 Å². The highest BCUT2D eigenvalue weighted by Crippen LogP contribution is 2.30. The molecule has 0 aromatic heterocycles. The second-order valence-corrected chi connectivity index (χ2v) is 4.75. The van der Waals surface area contributed by atoms with Crippen molar-refractivity contribution in [3.63, 3.8) is 0 Å². The second kappa shape index (κ2) is 4.55. The third-order valence-electron chi connectivity index (χ3n) is 2.58. The van der Waals surface area contributed by atoms with Crippen molar-refractivity contribution in [3.05, 3.63) is 28.2 Å². The summed E-state index contributed by atoms with van der Waals surface area (Å²) in [5, 5.41) is 3.16. The Hall–Kier alpha value is -1.26. The predicted octanol–water partition coefficient (Wildman–Crippen LogP) is 2.69. The number of hydrogen-bond acceptors (Lipinski definition) is 2. The number of carbonyl (C=O) groups is 2. The first-order valence-electron chi connectivity index (χ1n) is 5.06. The number of imide groups is 1. The van der Waals surface area contributed by atoms with E-state index in [-0.39, 0.29) is 11.8 Å². The number of hydrogen-bond donors (Lipinski definition) is 1. The van der Waals surface area contributed by atoms with Gasteiger partial charge in [0.2, 0.25) is 5.91 Å². The Balaban J connectivity index is 2.33. The molecule has 1 aromatic carbocycles. The van der Waals surface area contributed by atoms with Gasteiger partial charge < -0.3 is 0 Å². The van der Waals surface area contributed by atoms with Gasteiger partial charge in [0.1, 0.15) is 0 Å². The number of amides is 3. The summed E-state index contributed by atoms with van der Waals surface area (Å²) in [4.78, 5) is 24.4. The molecule has 90 valence electrons. The van der Waals surface area contributed by atoms with Gasteiger partial charge in [0.15, 0.2) is 0 Å². The molecule has 0 bridgehead atoms. The molecule has 6 heteroatoms. The summed E-state index contributed by atoms with van der Waals surface area (Å²) in [6.45, 7) is 2.06. The van der Waals surface area contributed by atoms with Crippen LogP contribution in [0, 0.1) is 5.92 Å². The molecule has 0 spiro atoms. The van der Waals surface area contributed by atoms with Crippen molar-refractivity contribution >= 4 is 40.8 Å². The van der Waals surface area contributed by atoms with Gasteiger partial charge in [0, 0.05) is 11.6 Å². The average molecular weight is 273 g/mol. The van der Waals surface area contributed by atoms with Crippen LogP contribution in [0.3, 0.4) is 0 Å². The molecule has 0 aliphatic carbocycles. The molecule has 1 aliphatic heterocycles. The van der Waals surface area contributed by atoms with E-state index in [1.807, 2.05) is 0 Å². The molecule has 1 N–H and O–H groups in total. The van der Waals surface area contributed by atoms with Crippen molar-refractivity contribution in [3.8, 4) is 0 Å². The molecular weight excluding hydrogens is 263 g/mol. The molecule has 17 heavy (non-hydrogen) atoms. The van der Waals surface area contributed by atoms with E-state index in [1.165, 1.54) is 4.90 Å². The first-order valence-corrected chi connectivity index (χ1v) is 5.82. The first kappa shape index (κ1) is 12.2. The minimum atomic E-state index is -0.461. The van der Waals surface area contributed by atoms with E-state index in [2.05, 4.69) is 5.32 Å². The fourth-order valence-electron chi connectivity index (χ4n) is 1.64. The number of benzene rings is 1. The molecule has 1 heterocycles. The standard InChI is InChI=1S/C11H10Cl2N2O2/c1-6-5-15(11(17)14-10(6)16)9-3-2-7(12)4-8(9)13/h2-4,6H,5H2,1H3,(H,14,16,17). The maximum atomic E-state index is 11.7. The van der Waals surface area contributed by atoms with E-state index in [4.69, 9.17) is 23.2 Å². The Morgan fingerprint density at radius 3 is 2.71 bits per heavy atom. The topological polar surface area (TPSA) is 49.4 Å². The van der Waals surface area contributed by atoms with Crippen LogP contribution >= 0.6 is 23.2 Å². The highest BCUT2D eigenvalue weighted by molar-refractivity contribution is 6.36. The second-order valence-electron chi connectivity index (χ2n) is 3.90. The lowest BCUT2D eigenvalue weighted by Gasteiger charge is -2.30. The number of carbonyl (C=O) groups excluding carboxylic acids is 2. The maximum absolute atomic E-state index is 11.7. The number of nitrogens with one attached hydrogen (secondary N) is 1. The van der Waals surface area contributed by atoms with E-state index in [9.17, 15) is 9.59 Å². The predicted molar refractivity (Wildman–Crippen MR) is 66.5 cm³/mol. The summed E-state index contributed by atoms with van der Waals surface area (Å²) in [5.41, 5.74) is 0.549. The van der Waals surface area contributed by atoms with Gasteiger partial charge in [-0.3, -0.25) is 15.0 Å². The minimum Gasteiger partial charge on any atom is -0.292 e. The Morgan fingerprint density at radius 1 is 1.35 bits per heavy atom. The Bertz CT molecular complexity index is 490. The van der Waals surface area contributed by atoms with E-state index >= 15 is 0 Å². The summed E-state index contributed by atoms with van der Waals surface area (Å²) in [6.07, 6.45) is 0. The molecule has 1 aromatic rings. The Kier molecular flexibility index (Phi) is 3.26. The maximum Gasteiger partial charge on any atom is 0.328 e. The fourth-order valence-corrected chi connectivity index (χ4v) is 2.15. The number of urea groups is 1. The SMILES string of the molecule is CC1CN(c2ccc(Cl)cc2Cl)C(=O)NC1=O. The minimum absolute atomic E-state index is 0.264. The summed E-state index contributed by atoms with van der Waals surface area (Å²) < 4.78 is 0. The van der Waals surface area contributed by atoms with Crippen LogP contribution in [0.4, 0.5) is 10.5 Å². The van der Waals surface area contributed by atoms with Crippen molar-refractivity contribution in [2.75, 3.05) is 11.4 Å². The smallest absolute Gasteiger partial charge is 0.292 e. The summed E-state index contributed by atoms with van der Waals surface area (Å²) in [6, 6.07) is 4.41. The lowest BCUT2D eigenvalue weighted by atomic mass is 10.1. The zero-order chi connectivity index (χ0) is 12.6. The normalized spacial score (nSPS) is 20.4. The van der Waals surface area contributed by atoms with E-state index in [0.29, 0.717) is 22.3 Å². The zero-order valence-corrected chi connectivity index (χ0v) is 10.5. The van der Waals surface area contributed by atoms with Crippen LogP contribution < -0.4 is 10.2 Å². The van der Waals surface area contributed by atoms with Gasteiger partial charge in [-0.2, -0.15) is 0 Å². The molecule has 2 rings (SSSR count). The summed E-state index contributed by atoms with van der Waals surface area (Å²) in [5.74, 6) is -0.532. The highest BCUT2D eigenvalue weighted by atomic mass is 35.5. The van der Waals surface area contributed by atoms with E-state index in [1.54, 1.807) is 25.1 Å². The Labute approximate surface area is 108 Å². The molecule has 3 amide bonds. The fraction of sp³-hybridized carbons (Fsp3) is 0.273. The van der Waals surface area contributed by atoms with Crippen LogP contribution in [-0.4, -0.2) is 18.5 Å². The Morgan fingerprint density at radius 2 is 2.06 bits per heavy atom. The molecule has 1 fully saturated rings. The van der Waals surface area contributed by atoms with Crippen LogP contribution in [0.5, 0.6) is 0 Å². The van der Waals surface area contributed by atoms with Gasteiger partial charge in [-0.05, 0) is 18.2 Å². The molecule has 1 unspecified atom stereocenters. The molecule has 1 atom stereocenters. The van der Waals surface area contributed by atoms with Gasteiger partial charge in [0.25, 0.3) is 0 Å². The van der Waals surface area contributed by atoms with Crippen molar-refractivity contribution in [2.24, 2.45) is 5.92 Å². The third kappa shape index (κ3) is 2.37. The summed E-state index contributed by atoms with van der Waals surface area (Å²) in [7, 11) is 0. The average Bonchev–Trinajstić information content (AvgIpc) is 2.24. The van der Waals surface area contributed by atoms with Gasteiger partial charge >= 0.3 is 6.03 Å². The molecule has 0 saturated carbocycles. The molecule has 0 radical (unpaired) electrons. The third-order valence-corrected chi connectivity index (χ3v) is 3.12. The van der Waals surface area contributed by atoms with E-state index in [0.717, 1.165) is 0 Å². The number of halogens is 2. The van der Waals surface area contributed by atoms with Crippen LogP contribution in [0.1, 0.15) is 6.92 Å². The van der Waals surface area contributed by atoms with E-state index < -0.39 is 6.03 Å². The summed E-state index contributed by atoms with van der Waals surface area (Å²) >= 11 is 11.8. The highest BCUT2D eigenvalue weighted by Gasteiger charge is 2.30. The van der Waals surface area contributed by atoms with Crippen LogP contribution in [0.15, 0.2) is 18.2 Å². The lowest BCUT2D eigenvalue weighted by Crippen LogP contribution is -2.54. The van der Waals surface area contributed by atoms with Gasteiger partial charge in [-0.25, -0.2) is 4.79 Å². The van der Waals surface area contributed by atoms with Gasteiger partial charge in [-0.1, -0.05) is 30.1 Å². The lowest BCUT2D eigenvalue weighted by molar-refractivity contribution is -0.123. The van der Waals surface area contributed by atoms with Crippen LogP contribution in [-0.2, 0) is 4.79 Å². The molecule has 4 nitrogen and oxygen atoms in total. The quantitative estimate of drug-likeness (QED) is 0.855. The largest absolute Gasteiger partial charge is 0.328 e. The van der Waals surface area contributed by atoms with Crippen molar-refractivity contribution in [2.45, 2.75) is 6.92 Å². The number of rotatable bonds is 1. The van der Waals surface area contributed by atoms with Crippen LogP contribution in [0.25, 0.3) is 0 Å². The molecule has 1 aliphatic rings. The molecular formula is C11H10Cl2N2O2.